The molecule has 1 N–H and O–H groups in total. The van der Waals surface area contributed by atoms with Gasteiger partial charge in [0, 0.05) is 0 Å². The molecule has 0 saturated carbocycles. The second kappa shape index (κ2) is 3.58. The van der Waals surface area contributed by atoms with Gasteiger partial charge >= 0.3 is 0 Å². The lowest BCUT2D eigenvalue weighted by molar-refractivity contribution is -0.0957. The Kier molecular flexibility index (Phi) is 2.61. The molecule has 0 aromatic rings. The van der Waals surface area contributed by atoms with Gasteiger partial charge in [0.05, 0.1) is 12.2 Å². The monoisotopic (exact) mass is 183 g/mol. The Balaban J connectivity index is 2.02. The van der Waals surface area contributed by atoms with Crippen LogP contribution in [0.2, 0.25) is 0 Å². The van der Waals surface area contributed by atoms with Gasteiger partial charge in [-0.2, -0.15) is 0 Å². The van der Waals surface area contributed by atoms with Gasteiger partial charge in [-0.15, -0.1) is 0 Å². The summed E-state index contributed by atoms with van der Waals surface area (Å²) in [5.74, 6) is 0. The fourth-order valence-electron chi connectivity index (χ4n) is 3.16. The highest BCUT2D eigenvalue weighted by molar-refractivity contribution is 4.90. The predicted molar refractivity (Wildman–Crippen MR) is 53.8 cm³/mol. The average molecular weight is 183 g/mol. The highest BCUT2D eigenvalue weighted by atomic mass is 16.5. The molecular weight excluding hydrogens is 162 g/mol. The van der Waals surface area contributed by atoms with E-state index in [9.17, 15) is 0 Å². The van der Waals surface area contributed by atoms with Crippen molar-refractivity contribution in [3.05, 3.63) is 0 Å². The molecular formula is C11H21NO. The lowest BCUT2D eigenvalue weighted by Crippen LogP contribution is -2.44. The molecule has 1 spiro atoms. The molecule has 2 heteroatoms. The normalized spacial score (nSPS) is 39.2. The lowest BCUT2D eigenvalue weighted by Gasteiger charge is -2.45. The minimum absolute atomic E-state index is 0.474. The summed E-state index contributed by atoms with van der Waals surface area (Å²) in [6.45, 7) is 6.86. The SMILES string of the molecule is CC1CC2(CCNCC2)CC(C)O1. The third kappa shape index (κ3) is 2.05. The molecule has 2 unspecified atom stereocenters. The first-order valence-electron chi connectivity index (χ1n) is 5.56. The zero-order valence-corrected chi connectivity index (χ0v) is 8.81. The fourth-order valence-corrected chi connectivity index (χ4v) is 3.16. The third-order valence-electron chi connectivity index (χ3n) is 3.57. The van der Waals surface area contributed by atoms with E-state index in [0.29, 0.717) is 17.6 Å². The van der Waals surface area contributed by atoms with E-state index in [4.69, 9.17) is 4.74 Å². The molecule has 2 aliphatic heterocycles. The zero-order valence-electron chi connectivity index (χ0n) is 8.81. The van der Waals surface area contributed by atoms with Crippen molar-refractivity contribution in [2.45, 2.75) is 51.7 Å². The molecule has 2 aliphatic rings. The summed E-state index contributed by atoms with van der Waals surface area (Å²) in [5, 5.41) is 3.45. The molecule has 0 aromatic heterocycles. The molecule has 2 atom stereocenters. The molecule has 2 rings (SSSR count). The van der Waals surface area contributed by atoms with Gasteiger partial charge in [-0.3, -0.25) is 0 Å². The van der Waals surface area contributed by atoms with E-state index in [1.165, 1.54) is 38.8 Å². The van der Waals surface area contributed by atoms with E-state index in [1.807, 2.05) is 0 Å². The number of hydrogen-bond acceptors (Lipinski definition) is 2. The molecule has 0 bridgehead atoms. The molecule has 0 aromatic carbocycles. The summed E-state index contributed by atoms with van der Waals surface area (Å²) in [6.07, 6.45) is 6.21. The topological polar surface area (TPSA) is 21.3 Å². The summed E-state index contributed by atoms with van der Waals surface area (Å²) < 4.78 is 5.79. The van der Waals surface area contributed by atoms with Crippen LogP contribution in [-0.4, -0.2) is 25.3 Å². The summed E-state index contributed by atoms with van der Waals surface area (Å²) in [7, 11) is 0. The van der Waals surface area contributed by atoms with Crippen molar-refractivity contribution in [3.63, 3.8) is 0 Å². The molecule has 2 nitrogen and oxygen atoms in total. The Bertz CT molecular complexity index is 163. The maximum absolute atomic E-state index is 5.79. The number of hydrogen-bond donors (Lipinski definition) is 1. The fraction of sp³-hybridized carbons (Fsp3) is 1.00. The van der Waals surface area contributed by atoms with E-state index in [-0.39, 0.29) is 0 Å². The molecule has 2 heterocycles. The molecule has 2 fully saturated rings. The van der Waals surface area contributed by atoms with Crippen LogP contribution in [0.5, 0.6) is 0 Å². The highest BCUT2D eigenvalue weighted by Gasteiger charge is 2.38. The first-order valence-corrected chi connectivity index (χ1v) is 5.56. The first-order chi connectivity index (χ1) is 6.20. The summed E-state index contributed by atoms with van der Waals surface area (Å²) in [4.78, 5) is 0. The number of nitrogens with one attached hydrogen (secondary N) is 1. The lowest BCUT2D eigenvalue weighted by atomic mass is 9.70. The molecule has 0 aliphatic carbocycles. The van der Waals surface area contributed by atoms with Crippen LogP contribution in [0.25, 0.3) is 0 Å². The average Bonchev–Trinajstić information content (AvgIpc) is 2.02. The Labute approximate surface area is 81.0 Å². The summed E-state index contributed by atoms with van der Waals surface area (Å²) in [6, 6.07) is 0. The van der Waals surface area contributed by atoms with Crippen LogP contribution in [0.3, 0.4) is 0 Å². The molecule has 2 saturated heterocycles. The minimum Gasteiger partial charge on any atom is -0.376 e. The van der Waals surface area contributed by atoms with Gasteiger partial charge in [-0.1, -0.05) is 0 Å². The zero-order chi connectivity index (χ0) is 9.31. The summed E-state index contributed by atoms with van der Waals surface area (Å²) >= 11 is 0. The van der Waals surface area contributed by atoms with Crippen molar-refractivity contribution in [3.8, 4) is 0 Å². The van der Waals surface area contributed by atoms with Crippen molar-refractivity contribution < 1.29 is 4.74 Å². The van der Waals surface area contributed by atoms with Crippen LogP contribution in [0.1, 0.15) is 39.5 Å². The molecule has 0 amide bonds. The highest BCUT2D eigenvalue weighted by Crippen LogP contribution is 2.43. The maximum Gasteiger partial charge on any atom is 0.0556 e. The number of piperidine rings is 1. The standard InChI is InChI=1S/C11H21NO/c1-9-7-11(8-10(2)13-9)3-5-12-6-4-11/h9-10,12H,3-8H2,1-2H3. The largest absolute Gasteiger partial charge is 0.376 e. The van der Waals surface area contributed by atoms with E-state index in [1.54, 1.807) is 0 Å². The van der Waals surface area contributed by atoms with Crippen LogP contribution in [0.15, 0.2) is 0 Å². The maximum atomic E-state index is 5.79. The van der Waals surface area contributed by atoms with E-state index in [0.717, 1.165) is 0 Å². The van der Waals surface area contributed by atoms with Crippen molar-refractivity contribution in [2.75, 3.05) is 13.1 Å². The second-order valence-electron chi connectivity index (χ2n) is 4.92. The van der Waals surface area contributed by atoms with Crippen LogP contribution in [0, 0.1) is 5.41 Å². The van der Waals surface area contributed by atoms with Crippen molar-refractivity contribution in [1.82, 2.24) is 5.32 Å². The van der Waals surface area contributed by atoms with E-state index >= 15 is 0 Å². The van der Waals surface area contributed by atoms with Crippen LogP contribution in [-0.2, 0) is 4.74 Å². The van der Waals surface area contributed by atoms with E-state index < -0.39 is 0 Å². The quantitative estimate of drug-likeness (QED) is 0.619. The van der Waals surface area contributed by atoms with Crippen LogP contribution < -0.4 is 5.32 Å². The summed E-state index contributed by atoms with van der Waals surface area (Å²) in [5.41, 5.74) is 0.613. The van der Waals surface area contributed by atoms with Crippen LogP contribution in [0.4, 0.5) is 0 Å². The Hall–Kier alpha value is -0.0800. The van der Waals surface area contributed by atoms with Gasteiger partial charge in [0.1, 0.15) is 0 Å². The van der Waals surface area contributed by atoms with Gasteiger partial charge in [0.15, 0.2) is 0 Å². The van der Waals surface area contributed by atoms with Crippen molar-refractivity contribution in [1.29, 1.82) is 0 Å². The number of ether oxygens (including phenoxy) is 1. The Morgan fingerprint density at radius 1 is 1.08 bits per heavy atom. The van der Waals surface area contributed by atoms with Gasteiger partial charge < -0.3 is 10.1 Å². The van der Waals surface area contributed by atoms with Gasteiger partial charge in [-0.25, -0.2) is 0 Å². The third-order valence-corrected chi connectivity index (χ3v) is 3.57. The smallest absolute Gasteiger partial charge is 0.0556 e. The Morgan fingerprint density at radius 3 is 2.15 bits per heavy atom. The Morgan fingerprint density at radius 2 is 1.62 bits per heavy atom. The van der Waals surface area contributed by atoms with Crippen LogP contribution >= 0.6 is 0 Å². The van der Waals surface area contributed by atoms with Crippen molar-refractivity contribution >= 4 is 0 Å². The van der Waals surface area contributed by atoms with Gasteiger partial charge in [-0.05, 0) is 58.0 Å². The minimum atomic E-state index is 0.474. The van der Waals surface area contributed by atoms with Gasteiger partial charge in [0.25, 0.3) is 0 Å². The van der Waals surface area contributed by atoms with Crippen molar-refractivity contribution in [2.24, 2.45) is 5.41 Å². The second-order valence-corrected chi connectivity index (χ2v) is 4.92. The molecule has 0 radical (unpaired) electrons. The number of rotatable bonds is 0. The molecule has 76 valence electrons. The first kappa shape index (κ1) is 9.47. The molecule has 13 heavy (non-hydrogen) atoms. The van der Waals surface area contributed by atoms with Gasteiger partial charge in [0.2, 0.25) is 0 Å². The predicted octanol–water partition coefficient (Wildman–Crippen LogP) is 1.94. The van der Waals surface area contributed by atoms with E-state index in [2.05, 4.69) is 19.2 Å².